The highest BCUT2D eigenvalue weighted by atomic mass is 28.4. The Kier molecular flexibility index (Phi) is 16.0. The molecule has 2 fully saturated rings. The zero-order valence-electron chi connectivity index (χ0n) is 37.3. The Hall–Kier alpha value is -1.26. The van der Waals surface area contributed by atoms with Gasteiger partial charge in [0.1, 0.15) is 12.7 Å². The van der Waals surface area contributed by atoms with E-state index in [2.05, 4.69) is 134 Å². The van der Waals surface area contributed by atoms with Crippen LogP contribution in [0, 0.1) is 23.2 Å². The van der Waals surface area contributed by atoms with Crippen molar-refractivity contribution < 1.29 is 23.1 Å². The van der Waals surface area contributed by atoms with Crippen molar-refractivity contribution >= 4 is 22.6 Å². The molecule has 3 aliphatic carbocycles. The molecule has 0 heterocycles. The zero-order chi connectivity index (χ0) is 40.2. The second-order valence-electron chi connectivity index (χ2n) is 21.0. The van der Waals surface area contributed by atoms with Crippen LogP contribution >= 0.6 is 0 Å². The highest BCUT2D eigenvalue weighted by Gasteiger charge is 2.47. The van der Waals surface area contributed by atoms with Gasteiger partial charge >= 0.3 is 5.97 Å². The van der Waals surface area contributed by atoms with E-state index in [1.807, 2.05) is 0 Å². The first kappa shape index (κ1) is 46.1. The fraction of sp³-hybridized carbons (Fsp3) is 0.804. The van der Waals surface area contributed by atoms with E-state index in [0.717, 1.165) is 69.8 Å². The lowest BCUT2D eigenvalue weighted by molar-refractivity contribution is -0.156. The van der Waals surface area contributed by atoms with Crippen molar-refractivity contribution in [1.29, 1.82) is 0 Å². The number of rotatable bonds is 16. The smallest absolute Gasteiger partial charge is 0.332 e. The molecule has 3 rings (SSSR count). The number of fused-ring (bicyclic) bond motifs is 1. The van der Waals surface area contributed by atoms with E-state index in [9.17, 15) is 4.79 Å². The molecule has 0 aromatic heterocycles. The van der Waals surface area contributed by atoms with E-state index >= 15 is 0 Å². The Labute approximate surface area is 329 Å². The standard InChI is InChI=1S/C46H82O5Si2/c1-32(2)20-24-38(25-21-33(3)4)49-43(47)31-48-35(6)40-26-27-41-36(19-18-28-46(40,41)13)22-23-37-29-39(50-52(14,15)44(7,8)9)30-42(34(37)5)51-53(16,17)45(10,11)12/h22-23,26,32-33,35,38-39,41-42H,5,18-21,24-25,27-31H2,1-4,6-17H3/b36-22+,37-23-/t35?,39-,41+,42+,46-/m1/s1. The molecule has 0 N–H and O–H groups in total. The summed E-state index contributed by atoms with van der Waals surface area (Å²) >= 11 is 0. The van der Waals surface area contributed by atoms with Gasteiger partial charge in [0, 0.05) is 6.42 Å². The highest BCUT2D eigenvalue weighted by Crippen LogP contribution is 2.56. The topological polar surface area (TPSA) is 54.0 Å². The molecule has 5 atom stereocenters. The Bertz CT molecular complexity index is 1330. The molecule has 0 spiro atoms. The molecule has 5 nitrogen and oxygen atoms in total. The van der Waals surface area contributed by atoms with Crippen molar-refractivity contribution in [2.75, 3.05) is 6.61 Å². The summed E-state index contributed by atoms with van der Waals surface area (Å²) in [6, 6.07) is 0. The monoisotopic (exact) mass is 771 g/mol. The fourth-order valence-electron chi connectivity index (χ4n) is 8.05. The van der Waals surface area contributed by atoms with Crippen molar-refractivity contribution in [2.45, 2.75) is 208 Å². The minimum atomic E-state index is -2.02. The molecule has 0 aromatic rings. The van der Waals surface area contributed by atoms with Crippen LogP contribution < -0.4 is 0 Å². The van der Waals surface area contributed by atoms with Gasteiger partial charge in [0.05, 0.1) is 18.3 Å². The predicted molar refractivity (Wildman–Crippen MR) is 230 cm³/mol. The first-order valence-electron chi connectivity index (χ1n) is 21.2. The summed E-state index contributed by atoms with van der Waals surface area (Å²) in [5.41, 5.74) is 5.30. The maximum atomic E-state index is 13.0. The average Bonchev–Trinajstić information content (AvgIpc) is 3.38. The van der Waals surface area contributed by atoms with Crippen molar-refractivity contribution in [1.82, 2.24) is 0 Å². The first-order chi connectivity index (χ1) is 24.3. The van der Waals surface area contributed by atoms with Crippen LogP contribution in [0.5, 0.6) is 0 Å². The van der Waals surface area contributed by atoms with Gasteiger partial charge in [0.15, 0.2) is 16.6 Å². The normalized spacial score (nSPS) is 26.9. The van der Waals surface area contributed by atoms with E-state index < -0.39 is 16.6 Å². The quantitative estimate of drug-likeness (QED) is 0.0889. The summed E-state index contributed by atoms with van der Waals surface area (Å²) in [6.45, 7) is 41.5. The van der Waals surface area contributed by atoms with Crippen molar-refractivity contribution in [2.24, 2.45) is 23.2 Å². The summed E-state index contributed by atoms with van der Waals surface area (Å²) in [5.74, 6) is 1.40. The van der Waals surface area contributed by atoms with Crippen LogP contribution in [0.15, 0.2) is 47.1 Å². The summed E-state index contributed by atoms with van der Waals surface area (Å²) in [6.07, 6.45) is 17.3. The molecular weight excluding hydrogens is 689 g/mol. The van der Waals surface area contributed by atoms with Gasteiger partial charge < -0.3 is 18.3 Å². The van der Waals surface area contributed by atoms with Gasteiger partial charge in [-0.3, -0.25) is 0 Å². The lowest BCUT2D eigenvalue weighted by atomic mass is 9.63. The van der Waals surface area contributed by atoms with Crippen LogP contribution in [-0.4, -0.2) is 53.6 Å². The number of carbonyl (C=O) groups excluding carboxylic acids is 1. The molecule has 1 unspecified atom stereocenters. The maximum absolute atomic E-state index is 13.0. The zero-order valence-corrected chi connectivity index (χ0v) is 39.3. The number of hydrogen-bond acceptors (Lipinski definition) is 5. The molecule has 3 aliphatic rings. The van der Waals surface area contributed by atoms with Crippen LogP contribution in [0.4, 0.5) is 0 Å². The molecule has 0 amide bonds. The largest absolute Gasteiger partial charge is 0.461 e. The summed E-state index contributed by atoms with van der Waals surface area (Å²) < 4.78 is 26.5. The van der Waals surface area contributed by atoms with Crippen LogP contribution in [0.1, 0.15) is 147 Å². The van der Waals surface area contributed by atoms with Crippen molar-refractivity contribution in [3.63, 3.8) is 0 Å². The molecule has 53 heavy (non-hydrogen) atoms. The fourth-order valence-corrected chi connectivity index (χ4v) is 10.7. The molecule has 0 saturated heterocycles. The van der Waals surface area contributed by atoms with Gasteiger partial charge in [-0.1, -0.05) is 107 Å². The molecule has 0 aliphatic heterocycles. The van der Waals surface area contributed by atoms with Crippen LogP contribution in [0.2, 0.25) is 36.3 Å². The third kappa shape index (κ3) is 12.4. The first-order valence-corrected chi connectivity index (χ1v) is 27.0. The Morgan fingerprint density at radius 2 is 1.47 bits per heavy atom. The minimum absolute atomic E-state index is 0.00620. The lowest BCUT2D eigenvalue weighted by Crippen LogP contribution is -2.49. The molecular formula is C46H82O5Si2. The summed E-state index contributed by atoms with van der Waals surface area (Å²) in [5, 5.41) is 0.268. The number of esters is 1. The van der Waals surface area contributed by atoms with Crippen LogP contribution in [-0.2, 0) is 23.1 Å². The number of ether oxygens (including phenoxy) is 2. The van der Waals surface area contributed by atoms with Gasteiger partial charge in [0.25, 0.3) is 0 Å². The van der Waals surface area contributed by atoms with Gasteiger partial charge in [-0.05, 0) is 141 Å². The molecule has 0 bridgehead atoms. The maximum Gasteiger partial charge on any atom is 0.332 e. The average molecular weight is 771 g/mol. The molecule has 7 heteroatoms. The third-order valence-corrected chi connectivity index (χ3v) is 22.7. The lowest BCUT2D eigenvalue weighted by Gasteiger charge is -2.45. The van der Waals surface area contributed by atoms with Gasteiger partial charge in [0.2, 0.25) is 0 Å². The van der Waals surface area contributed by atoms with E-state index in [1.165, 1.54) is 16.7 Å². The van der Waals surface area contributed by atoms with Crippen LogP contribution in [0.3, 0.4) is 0 Å². The summed E-state index contributed by atoms with van der Waals surface area (Å²) in [7, 11) is -4.00. The number of carbonyl (C=O) groups is 1. The van der Waals surface area contributed by atoms with Gasteiger partial charge in [-0.25, -0.2) is 4.79 Å². The number of hydrogen-bond donors (Lipinski definition) is 0. The summed E-state index contributed by atoms with van der Waals surface area (Å²) in [4.78, 5) is 13.0. The van der Waals surface area contributed by atoms with Gasteiger partial charge in [-0.2, -0.15) is 0 Å². The number of allylic oxidation sites excluding steroid dienone is 4. The predicted octanol–water partition coefficient (Wildman–Crippen LogP) is 13.3. The van der Waals surface area contributed by atoms with E-state index in [0.29, 0.717) is 17.8 Å². The molecule has 304 valence electrons. The minimum Gasteiger partial charge on any atom is -0.461 e. The third-order valence-electron chi connectivity index (χ3n) is 13.7. The van der Waals surface area contributed by atoms with Crippen molar-refractivity contribution in [3.05, 3.63) is 47.1 Å². The SMILES string of the molecule is C=C1/C(=C\C=C2/CCC[C@]3(C)C(C(C)OCC(=O)OC(CCC(C)C)CCC(C)C)=CC[C@@H]23)C[C@@H](O[Si](C)(C)C(C)(C)C)C[C@@H]1O[Si](C)(C)C(C)(C)C. The molecule has 0 aromatic carbocycles. The van der Waals surface area contributed by atoms with E-state index in [1.54, 1.807) is 0 Å². The highest BCUT2D eigenvalue weighted by molar-refractivity contribution is 6.74. The van der Waals surface area contributed by atoms with E-state index in [-0.39, 0.29) is 52.5 Å². The second kappa shape index (κ2) is 18.3. The molecule has 2 saturated carbocycles. The Balaban J connectivity index is 1.77. The molecule has 0 radical (unpaired) electrons. The Morgan fingerprint density at radius 1 is 0.906 bits per heavy atom. The second-order valence-corrected chi connectivity index (χ2v) is 30.5. The van der Waals surface area contributed by atoms with Gasteiger partial charge in [-0.15, -0.1) is 0 Å². The Morgan fingerprint density at radius 3 is 2.02 bits per heavy atom. The van der Waals surface area contributed by atoms with E-state index in [4.69, 9.17) is 18.3 Å². The van der Waals surface area contributed by atoms with Crippen molar-refractivity contribution in [3.8, 4) is 0 Å². The van der Waals surface area contributed by atoms with Crippen LogP contribution in [0.25, 0.3) is 0 Å².